The number of nitrogens with one attached hydrogen (secondary N) is 1. The number of benzene rings is 2. The van der Waals surface area contributed by atoms with Crippen molar-refractivity contribution in [1.29, 1.82) is 0 Å². The third-order valence-corrected chi connectivity index (χ3v) is 7.29. The lowest BCUT2D eigenvalue weighted by Gasteiger charge is -2.40. The molecule has 0 saturated carbocycles. The van der Waals surface area contributed by atoms with Gasteiger partial charge in [-0.2, -0.15) is 10.2 Å². The molecule has 1 aliphatic heterocycles. The number of thiazole rings is 1. The molecule has 4 aromatic rings. The fourth-order valence-electron chi connectivity index (χ4n) is 4.47. The molecule has 33 heavy (non-hydrogen) atoms. The summed E-state index contributed by atoms with van der Waals surface area (Å²) in [5.41, 5.74) is 1.77. The van der Waals surface area contributed by atoms with Crippen LogP contribution in [0.2, 0.25) is 0 Å². The van der Waals surface area contributed by atoms with E-state index in [1.165, 1.54) is 17.2 Å². The van der Waals surface area contributed by atoms with Gasteiger partial charge < -0.3 is 10.2 Å². The molecule has 2 atom stereocenters. The van der Waals surface area contributed by atoms with Crippen molar-refractivity contribution >= 4 is 32.6 Å². The Kier molecular flexibility index (Phi) is 5.80. The molecule has 2 unspecified atom stereocenters. The van der Waals surface area contributed by atoms with Gasteiger partial charge in [-0.3, -0.25) is 4.79 Å². The van der Waals surface area contributed by atoms with Crippen LogP contribution in [0.3, 0.4) is 0 Å². The zero-order valence-electron chi connectivity index (χ0n) is 18.5. The van der Waals surface area contributed by atoms with Crippen LogP contribution in [0, 0.1) is 18.7 Å². The first-order valence-electron chi connectivity index (χ1n) is 11.1. The normalized spacial score (nSPS) is 18.6. The second kappa shape index (κ2) is 8.90. The van der Waals surface area contributed by atoms with Crippen molar-refractivity contribution in [3.05, 3.63) is 65.7 Å². The van der Waals surface area contributed by atoms with Gasteiger partial charge in [0.2, 0.25) is 0 Å². The summed E-state index contributed by atoms with van der Waals surface area (Å²) in [6.45, 7) is 5.04. The third kappa shape index (κ3) is 4.08. The van der Waals surface area contributed by atoms with Gasteiger partial charge in [0.05, 0.1) is 34.2 Å². The minimum atomic E-state index is -0.480. The number of anilines is 1. The summed E-state index contributed by atoms with van der Waals surface area (Å²) in [5.74, 6) is -0.388. The van der Waals surface area contributed by atoms with Crippen LogP contribution >= 0.6 is 11.3 Å². The van der Waals surface area contributed by atoms with Gasteiger partial charge in [-0.25, -0.2) is 9.37 Å². The average molecular weight is 465 g/mol. The van der Waals surface area contributed by atoms with Crippen LogP contribution in [-0.2, 0) is 0 Å². The minimum absolute atomic E-state index is 0.0407. The van der Waals surface area contributed by atoms with Crippen molar-refractivity contribution in [2.45, 2.75) is 32.7 Å². The van der Waals surface area contributed by atoms with Crippen molar-refractivity contribution < 1.29 is 9.18 Å². The van der Waals surface area contributed by atoms with E-state index in [0.717, 1.165) is 28.2 Å². The largest absolute Gasteiger partial charge is 0.359 e. The topological polar surface area (TPSA) is 75.9 Å². The predicted octanol–water partition coefficient (Wildman–Crippen LogP) is 4.68. The van der Waals surface area contributed by atoms with E-state index >= 15 is 4.39 Å². The van der Waals surface area contributed by atoms with Crippen molar-refractivity contribution in [1.82, 2.24) is 24.9 Å². The van der Waals surface area contributed by atoms with E-state index in [0.29, 0.717) is 24.6 Å². The smallest absolute Gasteiger partial charge is 0.256 e. The van der Waals surface area contributed by atoms with Crippen LogP contribution in [0.4, 0.5) is 9.52 Å². The number of piperidine rings is 1. The van der Waals surface area contributed by atoms with Crippen LogP contribution in [0.15, 0.2) is 48.8 Å². The molecule has 1 saturated heterocycles. The molecule has 1 amide bonds. The van der Waals surface area contributed by atoms with Crippen LogP contribution in [0.25, 0.3) is 15.9 Å². The van der Waals surface area contributed by atoms with Gasteiger partial charge in [0.1, 0.15) is 5.69 Å². The van der Waals surface area contributed by atoms with E-state index in [2.05, 4.69) is 27.4 Å². The van der Waals surface area contributed by atoms with E-state index in [1.807, 2.05) is 29.2 Å². The first-order chi connectivity index (χ1) is 16.0. The number of carbonyl (C=O) groups excluding carboxylic acids is 1. The molecular weight excluding hydrogens is 439 g/mol. The molecule has 2 aromatic heterocycles. The lowest BCUT2D eigenvalue weighted by molar-refractivity contribution is 0.0539. The highest BCUT2D eigenvalue weighted by atomic mass is 32.1. The number of fused-ring (bicyclic) bond motifs is 1. The first kappa shape index (κ1) is 21.5. The van der Waals surface area contributed by atoms with Crippen molar-refractivity contribution in [2.24, 2.45) is 5.92 Å². The molecule has 9 heteroatoms. The molecule has 0 bridgehead atoms. The lowest BCUT2D eigenvalue weighted by Crippen LogP contribution is -2.51. The maximum absolute atomic E-state index is 15.1. The predicted molar refractivity (Wildman–Crippen MR) is 127 cm³/mol. The van der Waals surface area contributed by atoms with Gasteiger partial charge in [-0.05, 0) is 49.4 Å². The summed E-state index contributed by atoms with van der Waals surface area (Å²) in [4.78, 5) is 21.4. The number of hydrogen-bond acceptors (Lipinski definition) is 6. The number of amides is 1. The Hall–Kier alpha value is -3.33. The fourth-order valence-corrected chi connectivity index (χ4v) is 5.34. The van der Waals surface area contributed by atoms with Gasteiger partial charge in [0, 0.05) is 13.1 Å². The van der Waals surface area contributed by atoms with E-state index in [9.17, 15) is 4.79 Å². The highest BCUT2D eigenvalue weighted by Gasteiger charge is 2.34. The lowest BCUT2D eigenvalue weighted by atomic mass is 9.90. The third-order valence-electron chi connectivity index (χ3n) is 6.29. The van der Waals surface area contributed by atoms with Crippen LogP contribution < -0.4 is 5.32 Å². The molecule has 1 fully saturated rings. The van der Waals surface area contributed by atoms with E-state index in [4.69, 9.17) is 0 Å². The second-order valence-electron chi connectivity index (χ2n) is 8.46. The monoisotopic (exact) mass is 464 g/mol. The summed E-state index contributed by atoms with van der Waals surface area (Å²) in [7, 11) is 0. The molecule has 1 aliphatic rings. The van der Waals surface area contributed by atoms with Gasteiger partial charge in [0.25, 0.3) is 5.91 Å². The van der Waals surface area contributed by atoms with Gasteiger partial charge in [-0.15, -0.1) is 4.80 Å². The van der Waals surface area contributed by atoms with Crippen molar-refractivity contribution in [3.63, 3.8) is 0 Å². The van der Waals surface area contributed by atoms with Crippen molar-refractivity contribution in [3.8, 4) is 5.69 Å². The quantitative estimate of drug-likeness (QED) is 0.464. The fraction of sp³-hybridized carbons (Fsp3) is 0.333. The standard InChI is InChI=1S/C24H25FN6OS/c1-15-6-5-13-30(19(15)14-26-24-29-18-7-3-4-8-20(18)33-24)23(32)17-10-9-16(2)21(25)22(17)31-27-11-12-28-31/h3-4,7-12,15,19H,5-6,13-14H2,1-2H3,(H,26,29). The van der Waals surface area contributed by atoms with Gasteiger partial charge in [-0.1, -0.05) is 36.5 Å². The SMILES string of the molecule is Cc1ccc(C(=O)N2CCCC(C)C2CNc2nc3ccccc3s2)c(-n2nccn2)c1F. The van der Waals surface area contributed by atoms with E-state index in [1.54, 1.807) is 30.4 Å². The van der Waals surface area contributed by atoms with Crippen LogP contribution in [-0.4, -0.2) is 49.9 Å². The summed E-state index contributed by atoms with van der Waals surface area (Å²) in [6, 6.07) is 11.3. The Labute approximate surface area is 195 Å². The molecule has 5 rings (SSSR count). The highest BCUT2D eigenvalue weighted by Crippen LogP contribution is 2.30. The molecule has 2 aromatic carbocycles. The number of hydrogen-bond donors (Lipinski definition) is 1. The Morgan fingerprint density at radius 1 is 1.21 bits per heavy atom. The van der Waals surface area contributed by atoms with Crippen LogP contribution in [0.5, 0.6) is 0 Å². The first-order valence-corrected chi connectivity index (χ1v) is 11.9. The number of para-hydroxylation sites is 1. The molecule has 0 aliphatic carbocycles. The van der Waals surface area contributed by atoms with E-state index < -0.39 is 5.82 Å². The summed E-state index contributed by atoms with van der Waals surface area (Å²) < 4.78 is 16.2. The minimum Gasteiger partial charge on any atom is -0.359 e. The maximum atomic E-state index is 15.1. The average Bonchev–Trinajstić information content (AvgIpc) is 3.49. The highest BCUT2D eigenvalue weighted by molar-refractivity contribution is 7.22. The number of rotatable bonds is 5. The number of aromatic nitrogens is 4. The molecule has 3 heterocycles. The molecule has 7 nitrogen and oxygen atoms in total. The Morgan fingerprint density at radius 2 is 2.00 bits per heavy atom. The molecule has 170 valence electrons. The Morgan fingerprint density at radius 3 is 2.79 bits per heavy atom. The second-order valence-corrected chi connectivity index (χ2v) is 9.49. The summed E-state index contributed by atoms with van der Waals surface area (Å²) >= 11 is 1.60. The Bertz CT molecular complexity index is 1250. The number of halogens is 1. The molecular formula is C24H25FN6OS. The maximum Gasteiger partial charge on any atom is 0.256 e. The zero-order valence-corrected chi connectivity index (χ0v) is 19.3. The van der Waals surface area contributed by atoms with E-state index in [-0.39, 0.29) is 23.2 Å². The van der Waals surface area contributed by atoms with Crippen molar-refractivity contribution in [2.75, 3.05) is 18.4 Å². The van der Waals surface area contributed by atoms with Gasteiger partial charge >= 0.3 is 0 Å². The number of aryl methyl sites for hydroxylation is 1. The van der Waals surface area contributed by atoms with Crippen LogP contribution in [0.1, 0.15) is 35.7 Å². The summed E-state index contributed by atoms with van der Waals surface area (Å²) in [6.07, 6.45) is 4.90. The number of likely N-dealkylation sites (tertiary alicyclic amines) is 1. The molecule has 0 spiro atoms. The number of nitrogens with zero attached hydrogens (tertiary/aromatic N) is 5. The zero-order chi connectivity index (χ0) is 22.9. The summed E-state index contributed by atoms with van der Waals surface area (Å²) in [5, 5.41) is 12.4. The van der Waals surface area contributed by atoms with Gasteiger partial charge in [0.15, 0.2) is 10.9 Å². The Balaban J connectivity index is 1.43. The molecule has 0 radical (unpaired) electrons. The number of carbonyl (C=O) groups is 1. The molecule has 1 N–H and O–H groups in total.